The summed E-state index contributed by atoms with van der Waals surface area (Å²) in [5.41, 5.74) is 0.807. The highest BCUT2D eigenvalue weighted by molar-refractivity contribution is 7.89. The summed E-state index contributed by atoms with van der Waals surface area (Å²) < 4.78 is 29.4. The van der Waals surface area contributed by atoms with Crippen molar-refractivity contribution in [3.63, 3.8) is 0 Å². The van der Waals surface area contributed by atoms with Gasteiger partial charge in [-0.15, -0.1) is 0 Å². The number of piperazine rings is 1. The lowest BCUT2D eigenvalue weighted by atomic mass is 9.96. The van der Waals surface area contributed by atoms with Crippen LogP contribution in [0.4, 0.5) is 0 Å². The van der Waals surface area contributed by atoms with E-state index in [1.54, 1.807) is 48.2 Å². The van der Waals surface area contributed by atoms with Gasteiger partial charge in [0.2, 0.25) is 21.8 Å². The molecule has 0 bridgehead atoms. The third-order valence-corrected chi connectivity index (χ3v) is 9.71. The Morgan fingerprint density at radius 3 is 2.14 bits per heavy atom. The molecule has 0 saturated carbocycles. The van der Waals surface area contributed by atoms with Crippen molar-refractivity contribution in [2.75, 3.05) is 27.2 Å². The second-order valence-electron chi connectivity index (χ2n) is 9.79. The van der Waals surface area contributed by atoms with E-state index in [1.807, 2.05) is 13.8 Å². The maximum Gasteiger partial charge on any atom is 0.246 e. The largest absolute Gasteiger partial charge is 0.335 e. The predicted octanol–water partition coefficient (Wildman–Crippen LogP) is 3.60. The van der Waals surface area contributed by atoms with Gasteiger partial charge >= 0.3 is 0 Å². The van der Waals surface area contributed by atoms with Crippen LogP contribution in [0.2, 0.25) is 15.1 Å². The van der Waals surface area contributed by atoms with E-state index in [-0.39, 0.29) is 47.3 Å². The van der Waals surface area contributed by atoms with E-state index in [0.29, 0.717) is 10.0 Å². The van der Waals surface area contributed by atoms with Crippen LogP contribution in [0.3, 0.4) is 0 Å². The van der Waals surface area contributed by atoms with Gasteiger partial charge in [-0.05, 0) is 63.8 Å². The minimum Gasteiger partial charge on any atom is -0.335 e. The van der Waals surface area contributed by atoms with Gasteiger partial charge in [0, 0.05) is 29.1 Å². The number of benzene rings is 2. The summed E-state index contributed by atoms with van der Waals surface area (Å²) in [7, 11) is -0.748. The Hall–Kier alpha value is -1.88. The lowest BCUT2D eigenvalue weighted by Gasteiger charge is -2.54. The first-order valence-corrected chi connectivity index (χ1v) is 14.4. The van der Waals surface area contributed by atoms with E-state index in [9.17, 15) is 18.0 Å². The Morgan fingerprint density at radius 2 is 1.57 bits per heavy atom. The van der Waals surface area contributed by atoms with Gasteiger partial charge in [-0.25, -0.2) is 8.42 Å². The van der Waals surface area contributed by atoms with Gasteiger partial charge in [0.05, 0.1) is 11.6 Å². The van der Waals surface area contributed by atoms with E-state index in [2.05, 4.69) is 0 Å². The first-order chi connectivity index (χ1) is 17.3. The third-order valence-electron chi connectivity index (χ3n) is 6.88. The maximum atomic E-state index is 14.0. The quantitative estimate of drug-likeness (QED) is 0.516. The normalized spacial score (nSPS) is 23.2. The SMILES string of the molecule is CC(C)N1CC2N(C(=O)C(N(C)C)CN2S(=O)(=O)c2ccc(Cl)cc2Cl)C(Cc2ccc(Cl)cc2)C1=O. The Balaban J connectivity index is 1.84. The number of fused-ring (bicyclic) bond motifs is 1. The number of nitrogens with zero attached hydrogens (tertiary/aromatic N) is 4. The highest BCUT2D eigenvalue weighted by Crippen LogP contribution is 2.35. The summed E-state index contributed by atoms with van der Waals surface area (Å²) in [5, 5.41) is 0.852. The number of halogens is 3. The molecule has 0 aliphatic carbocycles. The molecule has 0 N–H and O–H groups in total. The van der Waals surface area contributed by atoms with Crippen molar-refractivity contribution in [1.82, 2.24) is 19.0 Å². The molecule has 0 radical (unpaired) electrons. The number of amides is 2. The molecule has 2 aliphatic rings. The molecule has 200 valence electrons. The molecule has 2 aromatic carbocycles. The van der Waals surface area contributed by atoms with Gasteiger partial charge in [-0.1, -0.05) is 46.9 Å². The average Bonchev–Trinajstić information content (AvgIpc) is 2.81. The van der Waals surface area contributed by atoms with E-state index in [1.165, 1.54) is 27.4 Å². The van der Waals surface area contributed by atoms with Crippen LogP contribution in [0.5, 0.6) is 0 Å². The first kappa shape index (κ1) is 28.1. The van der Waals surface area contributed by atoms with Gasteiger partial charge in [0.1, 0.15) is 23.1 Å². The van der Waals surface area contributed by atoms with Crippen molar-refractivity contribution in [1.29, 1.82) is 0 Å². The molecule has 2 fully saturated rings. The number of hydrogen-bond donors (Lipinski definition) is 0. The summed E-state index contributed by atoms with van der Waals surface area (Å²) >= 11 is 18.4. The third kappa shape index (κ3) is 5.35. The summed E-state index contributed by atoms with van der Waals surface area (Å²) in [5.74, 6) is -0.518. The number of sulfonamides is 1. The first-order valence-electron chi connectivity index (χ1n) is 11.8. The molecular weight excluding hydrogens is 559 g/mol. The molecule has 2 saturated heterocycles. The van der Waals surface area contributed by atoms with E-state index in [4.69, 9.17) is 34.8 Å². The molecule has 3 atom stereocenters. The average molecular weight is 588 g/mol. The minimum absolute atomic E-state index is 0.0114. The fourth-order valence-corrected chi connectivity index (χ4v) is 7.34. The van der Waals surface area contributed by atoms with Gasteiger partial charge in [-0.3, -0.25) is 14.5 Å². The molecule has 3 unspecified atom stereocenters. The highest BCUT2D eigenvalue weighted by atomic mass is 35.5. The monoisotopic (exact) mass is 586 g/mol. The highest BCUT2D eigenvalue weighted by Gasteiger charge is 2.54. The van der Waals surface area contributed by atoms with Crippen LogP contribution in [0.15, 0.2) is 47.4 Å². The van der Waals surface area contributed by atoms with Gasteiger partial charge in [0.15, 0.2) is 0 Å². The van der Waals surface area contributed by atoms with Crippen LogP contribution in [-0.4, -0.2) is 90.7 Å². The lowest BCUT2D eigenvalue weighted by molar-refractivity contribution is -0.171. The number of rotatable bonds is 6. The van der Waals surface area contributed by atoms with E-state index >= 15 is 0 Å². The molecule has 2 aliphatic heterocycles. The molecule has 8 nitrogen and oxygen atoms in total. The molecule has 2 heterocycles. The molecule has 37 heavy (non-hydrogen) atoms. The number of hydrogen-bond acceptors (Lipinski definition) is 5. The fourth-order valence-electron chi connectivity index (χ4n) is 4.89. The second kappa shape index (κ2) is 10.7. The summed E-state index contributed by atoms with van der Waals surface area (Å²) in [6, 6.07) is 9.38. The van der Waals surface area contributed by atoms with Crippen molar-refractivity contribution in [3.8, 4) is 0 Å². The number of carbonyl (C=O) groups excluding carboxylic acids is 2. The van der Waals surface area contributed by atoms with Crippen molar-refractivity contribution >= 4 is 56.6 Å². The topological polar surface area (TPSA) is 81.2 Å². The molecule has 0 aromatic heterocycles. The zero-order valence-corrected chi connectivity index (χ0v) is 24.0. The van der Waals surface area contributed by atoms with Crippen LogP contribution < -0.4 is 0 Å². The van der Waals surface area contributed by atoms with Crippen LogP contribution in [0.1, 0.15) is 19.4 Å². The van der Waals surface area contributed by atoms with Crippen LogP contribution >= 0.6 is 34.8 Å². The minimum atomic E-state index is -4.17. The van der Waals surface area contributed by atoms with Crippen LogP contribution in [0.25, 0.3) is 0 Å². The van der Waals surface area contributed by atoms with E-state index < -0.39 is 28.3 Å². The van der Waals surface area contributed by atoms with Crippen molar-refractivity contribution in [2.45, 2.75) is 49.5 Å². The van der Waals surface area contributed by atoms with Crippen molar-refractivity contribution in [2.24, 2.45) is 0 Å². The number of carbonyl (C=O) groups is 2. The summed E-state index contributed by atoms with van der Waals surface area (Å²) in [6.45, 7) is 3.70. The zero-order chi connectivity index (χ0) is 27.2. The molecule has 12 heteroatoms. The molecule has 2 aromatic rings. The van der Waals surface area contributed by atoms with Crippen molar-refractivity contribution < 1.29 is 18.0 Å². The molecule has 0 spiro atoms. The molecule has 4 rings (SSSR count). The smallest absolute Gasteiger partial charge is 0.246 e. The Kier molecular flexibility index (Phi) is 8.14. The van der Waals surface area contributed by atoms with Gasteiger partial charge in [0.25, 0.3) is 0 Å². The van der Waals surface area contributed by atoms with Crippen LogP contribution in [-0.2, 0) is 26.0 Å². The molecule has 2 amide bonds. The van der Waals surface area contributed by atoms with Gasteiger partial charge in [-0.2, -0.15) is 4.31 Å². The predicted molar refractivity (Wildman–Crippen MR) is 144 cm³/mol. The Bertz CT molecular complexity index is 1300. The van der Waals surface area contributed by atoms with Gasteiger partial charge < -0.3 is 9.80 Å². The lowest BCUT2D eigenvalue weighted by Crippen LogP contribution is -2.76. The summed E-state index contributed by atoms with van der Waals surface area (Å²) in [4.78, 5) is 32.2. The van der Waals surface area contributed by atoms with Crippen LogP contribution in [0, 0.1) is 0 Å². The maximum absolute atomic E-state index is 14.0. The number of likely N-dealkylation sites (N-methyl/N-ethyl adjacent to an activating group) is 1. The standard InChI is InChI=1S/C25H29Cl3N4O4S/c1-15(2)30-14-23-31(37(35,36)22-10-9-18(27)12-19(22)28)13-21(29(3)4)25(34)32(23)20(24(30)33)11-16-5-7-17(26)8-6-16/h5-10,12,15,20-21,23H,11,13-14H2,1-4H3. The molecular formula is C25H29Cl3N4O4S. The zero-order valence-electron chi connectivity index (χ0n) is 20.9. The van der Waals surface area contributed by atoms with E-state index in [0.717, 1.165) is 5.56 Å². The second-order valence-corrected chi connectivity index (χ2v) is 12.9. The van der Waals surface area contributed by atoms with Crippen molar-refractivity contribution in [3.05, 3.63) is 63.1 Å². The Labute approximate surface area is 232 Å². The Morgan fingerprint density at radius 1 is 0.946 bits per heavy atom. The fraction of sp³-hybridized carbons (Fsp3) is 0.440. The summed E-state index contributed by atoms with van der Waals surface area (Å²) in [6.07, 6.45) is -0.685.